The summed E-state index contributed by atoms with van der Waals surface area (Å²) >= 11 is 2.47. The maximum absolute atomic E-state index is 12.7. The van der Waals surface area contributed by atoms with Crippen molar-refractivity contribution in [1.82, 2.24) is 10.2 Å². The standard InChI is InChI=1S/C16H16N4O5S2/c1-2-25-16(22)19-6-5-8-10(7-19)27-15-12(8)14(21)17-13(18-15)9-3-4-11(26-9)20(23)24/h3-4,13,18H,2,5-7H2,1H3,(H,17,21)/t13-/m0/s1. The maximum Gasteiger partial charge on any atom is 0.410 e. The normalized spacial score (nSPS) is 18.2. The molecule has 2 amide bonds. The van der Waals surface area contributed by atoms with Crippen LogP contribution in [0, 0.1) is 10.1 Å². The molecule has 4 rings (SSSR count). The van der Waals surface area contributed by atoms with Crippen LogP contribution in [0.1, 0.15) is 38.8 Å². The maximum atomic E-state index is 12.7. The molecule has 0 fully saturated rings. The Morgan fingerprint density at radius 1 is 1.41 bits per heavy atom. The van der Waals surface area contributed by atoms with E-state index in [0.717, 1.165) is 26.8 Å². The minimum atomic E-state index is -0.509. The summed E-state index contributed by atoms with van der Waals surface area (Å²) in [5, 5.41) is 17.8. The number of nitrogens with zero attached hydrogens (tertiary/aromatic N) is 2. The van der Waals surface area contributed by atoms with E-state index in [9.17, 15) is 19.7 Å². The van der Waals surface area contributed by atoms with Crippen LogP contribution in [0.2, 0.25) is 0 Å². The Hall–Kier alpha value is -2.66. The molecule has 0 radical (unpaired) electrons. The van der Waals surface area contributed by atoms with Crippen LogP contribution in [0.25, 0.3) is 0 Å². The van der Waals surface area contributed by atoms with Gasteiger partial charge in [-0.15, -0.1) is 11.3 Å². The molecule has 4 heterocycles. The van der Waals surface area contributed by atoms with Crippen molar-refractivity contribution < 1.29 is 19.2 Å². The zero-order chi connectivity index (χ0) is 19.1. The smallest absolute Gasteiger partial charge is 0.410 e. The molecule has 0 spiro atoms. The van der Waals surface area contributed by atoms with Gasteiger partial charge in [0.05, 0.1) is 28.5 Å². The van der Waals surface area contributed by atoms with Gasteiger partial charge in [0.15, 0.2) is 0 Å². The molecule has 2 aromatic rings. The second kappa shape index (κ2) is 6.82. The highest BCUT2D eigenvalue weighted by Gasteiger charge is 2.35. The van der Waals surface area contributed by atoms with Crippen molar-refractivity contribution in [3.8, 4) is 0 Å². The highest BCUT2D eigenvalue weighted by Crippen LogP contribution is 2.42. The molecule has 142 valence electrons. The molecule has 0 aliphatic carbocycles. The number of fused-ring (bicyclic) bond motifs is 3. The lowest BCUT2D eigenvalue weighted by molar-refractivity contribution is -0.380. The number of nitro groups is 1. The third kappa shape index (κ3) is 3.12. The minimum absolute atomic E-state index is 0.0300. The Labute approximate surface area is 162 Å². The summed E-state index contributed by atoms with van der Waals surface area (Å²) in [6.07, 6.45) is -0.273. The lowest BCUT2D eigenvalue weighted by Crippen LogP contribution is -2.39. The number of nitrogens with one attached hydrogen (secondary N) is 2. The van der Waals surface area contributed by atoms with Gasteiger partial charge in [-0.2, -0.15) is 0 Å². The Morgan fingerprint density at radius 2 is 2.22 bits per heavy atom. The molecule has 0 saturated heterocycles. The molecular formula is C16H16N4O5S2. The van der Waals surface area contributed by atoms with E-state index in [4.69, 9.17) is 4.74 Å². The molecule has 0 saturated carbocycles. The van der Waals surface area contributed by atoms with Crippen molar-refractivity contribution in [3.05, 3.63) is 43.1 Å². The molecular weight excluding hydrogens is 392 g/mol. The van der Waals surface area contributed by atoms with Crippen molar-refractivity contribution >= 4 is 44.7 Å². The molecule has 11 heteroatoms. The van der Waals surface area contributed by atoms with Gasteiger partial charge in [0.2, 0.25) is 0 Å². The van der Waals surface area contributed by atoms with Gasteiger partial charge in [0.1, 0.15) is 11.2 Å². The number of carbonyl (C=O) groups excluding carboxylic acids is 2. The average Bonchev–Trinajstić information content (AvgIpc) is 3.26. The van der Waals surface area contributed by atoms with Crippen LogP contribution >= 0.6 is 22.7 Å². The first-order valence-corrected chi connectivity index (χ1v) is 9.99. The number of thiophene rings is 2. The fraction of sp³-hybridized carbons (Fsp3) is 0.375. The highest BCUT2D eigenvalue weighted by atomic mass is 32.1. The Kier molecular flexibility index (Phi) is 4.48. The molecule has 0 aromatic carbocycles. The Bertz CT molecular complexity index is 937. The SMILES string of the molecule is CCOC(=O)N1CCc2c(sc3c2C(=O)N[C@H](c2ccc([N+](=O)[O-])s2)N3)C1. The summed E-state index contributed by atoms with van der Waals surface area (Å²) in [7, 11) is 0. The fourth-order valence-corrected chi connectivity index (χ4v) is 5.34. The number of hydrogen-bond donors (Lipinski definition) is 2. The molecule has 9 nitrogen and oxygen atoms in total. The van der Waals surface area contributed by atoms with E-state index in [1.165, 1.54) is 17.4 Å². The van der Waals surface area contributed by atoms with Gasteiger partial charge in [-0.3, -0.25) is 14.9 Å². The van der Waals surface area contributed by atoms with E-state index in [1.807, 2.05) is 0 Å². The first-order chi connectivity index (χ1) is 13.0. The van der Waals surface area contributed by atoms with Crippen molar-refractivity contribution in [1.29, 1.82) is 0 Å². The number of anilines is 1. The van der Waals surface area contributed by atoms with Gasteiger partial charge in [0, 0.05) is 17.5 Å². The van der Waals surface area contributed by atoms with E-state index in [0.29, 0.717) is 36.6 Å². The third-order valence-corrected chi connectivity index (χ3v) is 6.69. The van der Waals surface area contributed by atoms with E-state index < -0.39 is 11.1 Å². The van der Waals surface area contributed by atoms with E-state index in [-0.39, 0.29) is 17.0 Å². The van der Waals surface area contributed by atoms with Gasteiger partial charge < -0.3 is 20.3 Å². The summed E-state index contributed by atoms with van der Waals surface area (Å²) in [4.78, 5) is 38.4. The lowest BCUT2D eigenvalue weighted by Gasteiger charge is -2.27. The Balaban J connectivity index is 1.58. The predicted octanol–water partition coefficient (Wildman–Crippen LogP) is 3.09. The first-order valence-electron chi connectivity index (χ1n) is 8.35. The number of amides is 2. The van der Waals surface area contributed by atoms with Gasteiger partial charge >= 0.3 is 11.1 Å². The monoisotopic (exact) mass is 408 g/mol. The number of rotatable bonds is 3. The van der Waals surface area contributed by atoms with E-state index in [2.05, 4.69) is 10.6 Å². The summed E-state index contributed by atoms with van der Waals surface area (Å²) in [5.41, 5.74) is 1.57. The largest absolute Gasteiger partial charge is 0.450 e. The molecule has 2 N–H and O–H groups in total. The topological polar surface area (TPSA) is 114 Å². The van der Waals surface area contributed by atoms with Crippen molar-refractivity contribution in [2.24, 2.45) is 0 Å². The number of carbonyl (C=O) groups is 2. The van der Waals surface area contributed by atoms with Crippen molar-refractivity contribution in [2.75, 3.05) is 18.5 Å². The van der Waals surface area contributed by atoms with Crippen LogP contribution in [0.4, 0.5) is 14.8 Å². The molecule has 2 aliphatic heterocycles. The fourth-order valence-electron chi connectivity index (χ4n) is 3.22. The van der Waals surface area contributed by atoms with Gasteiger partial charge in [-0.1, -0.05) is 11.3 Å². The average molecular weight is 408 g/mol. The minimum Gasteiger partial charge on any atom is -0.450 e. The molecule has 1 atom stereocenters. The zero-order valence-electron chi connectivity index (χ0n) is 14.3. The summed E-state index contributed by atoms with van der Waals surface area (Å²) in [6, 6.07) is 3.07. The summed E-state index contributed by atoms with van der Waals surface area (Å²) in [5.74, 6) is -0.202. The molecule has 2 aromatic heterocycles. The van der Waals surface area contributed by atoms with Gasteiger partial charge in [0.25, 0.3) is 5.91 Å². The number of hydrogen-bond acceptors (Lipinski definition) is 8. The lowest BCUT2D eigenvalue weighted by atomic mass is 10.0. The van der Waals surface area contributed by atoms with Crippen LogP contribution in [-0.4, -0.2) is 35.0 Å². The van der Waals surface area contributed by atoms with Gasteiger partial charge in [-0.25, -0.2) is 4.79 Å². The summed E-state index contributed by atoms with van der Waals surface area (Å²) < 4.78 is 5.06. The van der Waals surface area contributed by atoms with Gasteiger partial charge in [-0.05, 0) is 25.0 Å². The quantitative estimate of drug-likeness (QED) is 0.596. The molecule has 0 bridgehead atoms. The summed E-state index contributed by atoms with van der Waals surface area (Å²) in [6.45, 7) is 3.00. The van der Waals surface area contributed by atoms with E-state index >= 15 is 0 Å². The van der Waals surface area contributed by atoms with Crippen LogP contribution in [0.15, 0.2) is 12.1 Å². The first kappa shape index (κ1) is 17.7. The predicted molar refractivity (Wildman–Crippen MR) is 100 cm³/mol. The van der Waals surface area contributed by atoms with Crippen molar-refractivity contribution in [3.63, 3.8) is 0 Å². The Morgan fingerprint density at radius 3 is 2.93 bits per heavy atom. The van der Waals surface area contributed by atoms with E-state index in [1.54, 1.807) is 17.9 Å². The zero-order valence-corrected chi connectivity index (χ0v) is 15.9. The highest BCUT2D eigenvalue weighted by molar-refractivity contribution is 7.17. The van der Waals surface area contributed by atoms with Crippen LogP contribution in [-0.2, 0) is 17.7 Å². The molecule has 0 unspecified atom stereocenters. The third-order valence-electron chi connectivity index (χ3n) is 4.44. The van der Waals surface area contributed by atoms with Crippen LogP contribution in [0.3, 0.4) is 0 Å². The van der Waals surface area contributed by atoms with Crippen LogP contribution < -0.4 is 10.6 Å². The van der Waals surface area contributed by atoms with Crippen molar-refractivity contribution in [2.45, 2.75) is 26.1 Å². The molecule has 2 aliphatic rings. The second-order valence-corrected chi connectivity index (χ2v) is 8.26. The molecule has 27 heavy (non-hydrogen) atoms. The van der Waals surface area contributed by atoms with Crippen LogP contribution in [0.5, 0.6) is 0 Å². The number of ether oxygens (including phenoxy) is 1. The second-order valence-electron chi connectivity index (χ2n) is 6.06.